The molecule has 3 aromatic carbocycles. The molecule has 0 saturated carbocycles. The number of allylic oxidation sites excluding steroid dienone is 1. The lowest BCUT2D eigenvalue weighted by Gasteiger charge is -2.29. The first-order chi connectivity index (χ1) is 18.4. The van der Waals surface area contributed by atoms with Crippen LogP contribution in [-0.2, 0) is 22.7 Å². The summed E-state index contributed by atoms with van der Waals surface area (Å²) in [5.74, 6) is 1.10. The van der Waals surface area contributed by atoms with Gasteiger partial charge in [0.1, 0.15) is 25.6 Å². The van der Waals surface area contributed by atoms with Crippen LogP contribution < -0.4 is 14.8 Å². The summed E-state index contributed by atoms with van der Waals surface area (Å²) in [5.41, 5.74) is 3.65. The van der Waals surface area contributed by atoms with Crippen LogP contribution in [0.15, 0.2) is 88.8 Å². The Kier molecular flexibility index (Phi) is 7.67. The van der Waals surface area contributed by atoms with E-state index >= 15 is 0 Å². The van der Waals surface area contributed by atoms with E-state index in [4.69, 9.17) is 25.8 Å². The first kappa shape index (κ1) is 25.8. The van der Waals surface area contributed by atoms with Gasteiger partial charge in [-0.3, -0.25) is 0 Å². The minimum atomic E-state index is -0.604. The van der Waals surface area contributed by atoms with E-state index in [2.05, 4.69) is 31.3 Å². The van der Waals surface area contributed by atoms with Gasteiger partial charge in [-0.15, -0.1) is 0 Å². The largest absolute Gasteiger partial charge is 0.493 e. The Hall–Kier alpha value is -3.82. The summed E-state index contributed by atoms with van der Waals surface area (Å²) in [7, 11) is 1.57. The molecule has 194 valence electrons. The van der Waals surface area contributed by atoms with Gasteiger partial charge in [-0.05, 0) is 63.8 Å². The number of carbonyl (C=O) groups is 1. The third kappa shape index (κ3) is 5.39. The molecular formula is C28H24BrClN4O4. The van der Waals surface area contributed by atoms with E-state index in [1.807, 2.05) is 73.7 Å². The van der Waals surface area contributed by atoms with Crippen molar-refractivity contribution in [3.8, 4) is 11.5 Å². The molecule has 0 bridgehead atoms. The third-order valence-electron chi connectivity index (χ3n) is 6.09. The molecule has 0 fully saturated rings. The fourth-order valence-electron chi connectivity index (χ4n) is 4.24. The Bertz CT molecular complexity index is 1490. The van der Waals surface area contributed by atoms with Crippen LogP contribution in [0.3, 0.4) is 0 Å². The van der Waals surface area contributed by atoms with Crippen LogP contribution in [0.5, 0.6) is 11.5 Å². The lowest BCUT2D eigenvalue weighted by molar-refractivity contribution is -0.140. The molecule has 38 heavy (non-hydrogen) atoms. The van der Waals surface area contributed by atoms with E-state index < -0.39 is 12.0 Å². The Labute approximate surface area is 233 Å². The number of aromatic nitrogens is 3. The van der Waals surface area contributed by atoms with Crippen molar-refractivity contribution >= 4 is 39.4 Å². The van der Waals surface area contributed by atoms with E-state index in [1.54, 1.807) is 11.8 Å². The van der Waals surface area contributed by atoms with E-state index in [0.717, 1.165) is 16.7 Å². The second-order valence-corrected chi connectivity index (χ2v) is 9.90. The van der Waals surface area contributed by atoms with Gasteiger partial charge in [0.25, 0.3) is 0 Å². The predicted molar refractivity (Wildman–Crippen MR) is 147 cm³/mol. The molecule has 0 radical (unpaired) electrons. The monoisotopic (exact) mass is 594 g/mol. The molecule has 0 aliphatic carbocycles. The number of fused-ring (bicyclic) bond motifs is 1. The van der Waals surface area contributed by atoms with Gasteiger partial charge in [0.2, 0.25) is 5.95 Å². The zero-order chi connectivity index (χ0) is 26.6. The molecular weight excluding hydrogens is 572 g/mol. The maximum absolute atomic E-state index is 13.4. The first-order valence-electron chi connectivity index (χ1n) is 11.8. The number of methoxy groups -OCH3 is 1. The molecule has 1 aromatic heterocycles. The van der Waals surface area contributed by atoms with Crippen LogP contribution in [0.1, 0.15) is 29.7 Å². The Morgan fingerprint density at radius 1 is 1.08 bits per heavy atom. The number of nitrogens with one attached hydrogen (secondary N) is 1. The van der Waals surface area contributed by atoms with Crippen molar-refractivity contribution in [2.45, 2.75) is 26.2 Å². The lowest BCUT2D eigenvalue weighted by Crippen LogP contribution is -2.29. The molecule has 4 aromatic rings. The maximum Gasteiger partial charge on any atom is 0.338 e. The number of hydrogen-bond donors (Lipinski definition) is 1. The standard InChI is InChI=1S/C28H24BrClN4O4/c1-17-24(27(35)38-15-18-6-4-3-5-7-18)25(34-28(33-17)31-16-32-34)20-12-22(29)26(23(13-20)36-2)37-14-19-8-10-21(30)11-9-19/h3-13,16,25H,14-15H2,1-2H3,(H,31,32,33). The predicted octanol–water partition coefficient (Wildman–Crippen LogP) is 6.31. The van der Waals surface area contributed by atoms with Crippen LogP contribution in [-0.4, -0.2) is 27.8 Å². The van der Waals surface area contributed by atoms with Crippen molar-refractivity contribution in [2.75, 3.05) is 12.4 Å². The normalized spacial score (nSPS) is 14.5. The fourth-order valence-corrected chi connectivity index (χ4v) is 4.94. The molecule has 1 unspecified atom stereocenters. The van der Waals surface area contributed by atoms with Crippen LogP contribution in [0.25, 0.3) is 0 Å². The van der Waals surface area contributed by atoms with E-state index in [0.29, 0.717) is 44.8 Å². The van der Waals surface area contributed by atoms with Crippen LogP contribution in [0.2, 0.25) is 5.02 Å². The highest BCUT2D eigenvalue weighted by molar-refractivity contribution is 9.10. The molecule has 1 atom stereocenters. The molecule has 1 aliphatic rings. The molecule has 0 saturated heterocycles. The second kappa shape index (κ2) is 11.3. The van der Waals surface area contributed by atoms with E-state index in [1.165, 1.54) is 6.33 Å². The summed E-state index contributed by atoms with van der Waals surface area (Å²) < 4.78 is 19.8. The lowest BCUT2D eigenvalue weighted by atomic mass is 9.95. The molecule has 8 nitrogen and oxygen atoms in total. The number of hydrogen-bond acceptors (Lipinski definition) is 7. The van der Waals surface area contributed by atoms with Gasteiger partial charge in [0.05, 0.1) is 17.2 Å². The number of rotatable bonds is 8. The Morgan fingerprint density at radius 3 is 2.55 bits per heavy atom. The molecule has 1 aliphatic heterocycles. The molecule has 0 spiro atoms. The number of esters is 1. The van der Waals surface area contributed by atoms with Crippen molar-refractivity contribution < 1.29 is 19.0 Å². The second-order valence-electron chi connectivity index (χ2n) is 8.61. The quantitative estimate of drug-likeness (QED) is 0.239. The molecule has 5 rings (SSSR count). The molecule has 2 heterocycles. The highest BCUT2D eigenvalue weighted by Gasteiger charge is 2.35. The van der Waals surface area contributed by atoms with Gasteiger partial charge in [0, 0.05) is 10.7 Å². The summed E-state index contributed by atoms with van der Waals surface area (Å²) in [6, 6.07) is 20.1. The number of halogens is 2. The highest BCUT2D eigenvalue weighted by atomic mass is 79.9. The van der Waals surface area contributed by atoms with Crippen LogP contribution in [0, 0.1) is 0 Å². The maximum atomic E-state index is 13.4. The summed E-state index contributed by atoms with van der Waals surface area (Å²) in [5, 5.41) is 8.21. The van der Waals surface area contributed by atoms with Gasteiger partial charge in [0.15, 0.2) is 11.5 Å². The van der Waals surface area contributed by atoms with Crippen LogP contribution in [0.4, 0.5) is 5.95 Å². The summed E-state index contributed by atoms with van der Waals surface area (Å²) >= 11 is 9.63. The highest BCUT2D eigenvalue weighted by Crippen LogP contribution is 2.43. The fraction of sp³-hybridized carbons (Fsp3) is 0.179. The summed E-state index contributed by atoms with van der Waals surface area (Å²) in [6.07, 6.45) is 1.44. The van der Waals surface area contributed by atoms with Crippen LogP contribution >= 0.6 is 27.5 Å². The summed E-state index contributed by atoms with van der Waals surface area (Å²) in [4.78, 5) is 17.7. The van der Waals surface area contributed by atoms with Gasteiger partial charge in [-0.1, -0.05) is 54.1 Å². The molecule has 10 heteroatoms. The third-order valence-corrected chi connectivity index (χ3v) is 6.93. The number of carbonyl (C=O) groups excluding carboxylic acids is 1. The average Bonchev–Trinajstić information content (AvgIpc) is 3.39. The van der Waals surface area contributed by atoms with E-state index in [-0.39, 0.29) is 6.61 Å². The number of benzene rings is 3. The molecule has 0 amide bonds. The first-order valence-corrected chi connectivity index (χ1v) is 12.9. The Balaban J connectivity index is 1.47. The van der Waals surface area contributed by atoms with Crippen molar-refractivity contribution in [1.82, 2.24) is 14.8 Å². The average molecular weight is 596 g/mol. The number of ether oxygens (including phenoxy) is 3. The van der Waals surface area contributed by atoms with Crippen molar-refractivity contribution in [3.05, 3.63) is 111 Å². The minimum Gasteiger partial charge on any atom is -0.493 e. The number of nitrogens with zero attached hydrogens (tertiary/aromatic N) is 3. The zero-order valence-electron chi connectivity index (χ0n) is 20.7. The van der Waals surface area contributed by atoms with Gasteiger partial charge >= 0.3 is 5.97 Å². The summed E-state index contributed by atoms with van der Waals surface area (Å²) in [6.45, 7) is 2.29. The SMILES string of the molecule is COc1cc(C2C(C(=O)OCc3ccccc3)=C(C)Nc3ncnn32)cc(Br)c1OCc1ccc(Cl)cc1. The van der Waals surface area contributed by atoms with Gasteiger partial charge in [-0.25, -0.2) is 9.48 Å². The smallest absolute Gasteiger partial charge is 0.338 e. The molecule has 1 N–H and O–H groups in total. The minimum absolute atomic E-state index is 0.151. The Morgan fingerprint density at radius 2 is 1.82 bits per heavy atom. The number of anilines is 1. The van der Waals surface area contributed by atoms with Gasteiger partial charge in [-0.2, -0.15) is 10.1 Å². The zero-order valence-corrected chi connectivity index (χ0v) is 23.0. The van der Waals surface area contributed by atoms with E-state index in [9.17, 15) is 4.79 Å². The van der Waals surface area contributed by atoms with Gasteiger partial charge < -0.3 is 19.5 Å². The topological polar surface area (TPSA) is 87.5 Å². The van der Waals surface area contributed by atoms with Crippen molar-refractivity contribution in [2.24, 2.45) is 0 Å². The van der Waals surface area contributed by atoms with Crippen molar-refractivity contribution in [1.29, 1.82) is 0 Å². The van der Waals surface area contributed by atoms with Crippen molar-refractivity contribution in [3.63, 3.8) is 0 Å².